The fourth-order valence-corrected chi connectivity index (χ4v) is 4.42. The molecule has 0 aromatic heterocycles. The summed E-state index contributed by atoms with van der Waals surface area (Å²) in [6.45, 7) is 7.39. The van der Waals surface area contributed by atoms with E-state index in [1.165, 1.54) is 31.4 Å². The Hall–Kier alpha value is -1.44. The number of benzene rings is 1. The zero-order valence-electron chi connectivity index (χ0n) is 16.0. The number of nitrogens with one attached hydrogen (secondary N) is 2. The standard InChI is InChI=1S/C19H31N3O3S/c1-15(2)21-26(24,25)18-11-9-17(10-12-18)20-19(23)16(3)22-13-7-5-4-6-8-14-22/h9-12,15-16,21H,4-8,13-14H2,1-3H3,(H,20,23)/t16-/m1/s1. The lowest BCUT2D eigenvalue weighted by Gasteiger charge is -2.29. The average molecular weight is 382 g/mol. The highest BCUT2D eigenvalue weighted by Gasteiger charge is 2.22. The molecule has 1 aromatic rings. The first kappa shape index (κ1) is 20.9. The molecule has 2 N–H and O–H groups in total. The Morgan fingerprint density at radius 2 is 1.50 bits per heavy atom. The third-order valence-electron chi connectivity index (χ3n) is 4.64. The van der Waals surface area contributed by atoms with Gasteiger partial charge >= 0.3 is 0 Å². The number of anilines is 1. The van der Waals surface area contributed by atoms with E-state index in [9.17, 15) is 13.2 Å². The highest BCUT2D eigenvalue weighted by Crippen LogP contribution is 2.17. The molecule has 0 saturated carbocycles. The third kappa shape index (κ3) is 6.07. The largest absolute Gasteiger partial charge is 0.325 e. The molecule has 1 aliphatic rings. The predicted molar refractivity (Wildman–Crippen MR) is 105 cm³/mol. The second kappa shape index (κ2) is 9.48. The number of nitrogens with zero attached hydrogens (tertiary/aromatic N) is 1. The number of sulfonamides is 1. The Morgan fingerprint density at radius 1 is 0.962 bits per heavy atom. The van der Waals surface area contributed by atoms with Crippen molar-refractivity contribution in [2.45, 2.75) is 69.9 Å². The molecule has 0 spiro atoms. The normalized spacial score (nSPS) is 18.2. The van der Waals surface area contributed by atoms with Gasteiger partial charge in [0.25, 0.3) is 0 Å². The zero-order valence-corrected chi connectivity index (χ0v) is 16.8. The van der Waals surface area contributed by atoms with Crippen LogP contribution in [0.15, 0.2) is 29.2 Å². The van der Waals surface area contributed by atoms with Crippen LogP contribution in [0.1, 0.15) is 52.9 Å². The lowest BCUT2D eigenvalue weighted by Crippen LogP contribution is -2.43. The van der Waals surface area contributed by atoms with Crippen LogP contribution < -0.4 is 10.0 Å². The summed E-state index contributed by atoms with van der Waals surface area (Å²) < 4.78 is 26.8. The lowest BCUT2D eigenvalue weighted by molar-refractivity contribution is -0.120. The van der Waals surface area contributed by atoms with Gasteiger partial charge in [0, 0.05) is 11.7 Å². The molecular weight excluding hydrogens is 350 g/mol. The van der Waals surface area contributed by atoms with Crippen molar-refractivity contribution < 1.29 is 13.2 Å². The zero-order chi connectivity index (χ0) is 19.2. The molecule has 1 saturated heterocycles. The Kier molecular flexibility index (Phi) is 7.61. The summed E-state index contributed by atoms with van der Waals surface area (Å²) in [6, 6.07) is 5.93. The number of amides is 1. The van der Waals surface area contributed by atoms with E-state index in [1.807, 2.05) is 6.92 Å². The summed E-state index contributed by atoms with van der Waals surface area (Å²) in [4.78, 5) is 15.0. The van der Waals surface area contributed by atoms with Gasteiger partial charge < -0.3 is 5.32 Å². The molecule has 1 aliphatic heterocycles. The van der Waals surface area contributed by atoms with Gasteiger partial charge in [-0.2, -0.15) is 0 Å². The Bertz CT molecular complexity index is 678. The first-order chi connectivity index (χ1) is 12.3. The molecule has 1 fully saturated rings. The molecular formula is C19H31N3O3S. The summed E-state index contributed by atoms with van der Waals surface area (Å²) in [7, 11) is -3.52. The van der Waals surface area contributed by atoms with E-state index in [0.29, 0.717) is 5.69 Å². The summed E-state index contributed by atoms with van der Waals surface area (Å²) in [6.07, 6.45) is 6.01. The van der Waals surface area contributed by atoms with Crippen molar-refractivity contribution in [3.63, 3.8) is 0 Å². The molecule has 7 heteroatoms. The van der Waals surface area contributed by atoms with Gasteiger partial charge in [0.05, 0.1) is 10.9 Å². The lowest BCUT2D eigenvalue weighted by atomic mass is 10.1. The van der Waals surface area contributed by atoms with Gasteiger partial charge in [-0.3, -0.25) is 9.69 Å². The molecule has 0 radical (unpaired) electrons. The van der Waals surface area contributed by atoms with Crippen LogP contribution in [-0.2, 0) is 14.8 Å². The van der Waals surface area contributed by atoms with Crippen molar-refractivity contribution in [1.82, 2.24) is 9.62 Å². The van der Waals surface area contributed by atoms with Crippen molar-refractivity contribution in [1.29, 1.82) is 0 Å². The number of carbonyl (C=O) groups is 1. The quantitative estimate of drug-likeness (QED) is 0.794. The monoisotopic (exact) mass is 381 g/mol. The molecule has 0 aliphatic carbocycles. The van der Waals surface area contributed by atoms with Gasteiger partial charge in [0.2, 0.25) is 15.9 Å². The van der Waals surface area contributed by atoms with E-state index < -0.39 is 10.0 Å². The van der Waals surface area contributed by atoms with E-state index in [4.69, 9.17) is 0 Å². The number of rotatable bonds is 6. The van der Waals surface area contributed by atoms with Crippen molar-refractivity contribution in [3.8, 4) is 0 Å². The van der Waals surface area contributed by atoms with Gasteiger partial charge in [-0.15, -0.1) is 0 Å². The molecule has 146 valence electrons. The van der Waals surface area contributed by atoms with Crippen LogP contribution in [0.3, 0.4) is 0 Å². The molecule has 0 bridgehead atoms. The van der Waals surface area contributed by atoms with E-state index >= 15 is 0 Å². The van der Waals surface area contributed by atoms with Crippen molar-refractivity contribution >= 4 is 21.6 Å². The van der Waals surface area contributed by atoms with Crippen molar-refractivity contribution in [2.24, 2.45) is 0 Å². The summed E-state index contributed by atoms with van der Waals surface area (Å²) in [5, 5.41) is 2.90. The van der Waals surface area contributed by atoms with Gasteiger partial charge in [-0.05, 0) is 71.0 Å². The molecule has 1 heterocycles. The minimum absolute atomic E-state index is 0.0542. The van der Waals surface area contributed by atoms with Crippen LogP contribution in [0.25, 0.3) is 0 Å². The second-order valence-corrected chi connectivity index (χ2v) is 8.98. The van der Waals surface area contributed by atoms with E-state index in [-0.39, 0.29) is 22.9 Å². The number of hydrogen-bond donors (Lipinski definition) is 2. The maximum atomic E-state index is 12.6. The minimum atomic E-state index is -3.52. The van der Waals surface area contributed by atoms with Crippen LogP contribution in [0.5, 0.6) is 0 Å². The Labute approximate surface area is 157 Å². The molecule has 6 nitrogen and oxygen atoms in total. The van der Waals surface area contributed by atoms with Gasteiger partial charge in [0.1, 0.15) is 0 Å². The average Bonchev–Trinajstić information content (AvgIpc) is 2.53. The maximum absolute atomic E-state index is 12.6. The first-order valence-corrected chi connectivity index (χ1v) is 11.0. The Morgan fingerprint density at radius 3 is 2.04 bits per heavy atom. The summed E-state index contributed by atoms with van der Waals surface area (Å²) in [5.74, 6) is -0.0542. The highest BCUT2D eigenvalue weighted by atomic mass is 32.2. The maximum Gasteiger partial charge on any atom is 0.241 e. The van der Waals surface area contributed by atoms with Gasteiger partial charge in [-0.1, -0.05) is 19.3 Å². The van der Waals surface area contributed by atoms with Crippen LogP contribution >= 0.6 is 0 Å². The molecule has 0 unspecified atom stereocenters. The van der Waals surface area contributed by atoms with Crippen molar-refractivity contribution in [2.75, 3.05) is 18.4 Å². The summed E-state index contributed by atoms with van der Waals surface area (Å²) >= 11 is 0. The number of carbonyl (C=O) groups excluding carboxylic acids is 1. The highest BCUT2D eigenvalue weighted by molar-refractivity contribution is 7.89. The molecule has 1 amide bonds. The predicted octanol–water partition coefficient (Wildman–Crippen LogP) is 2.97. The van der Waals surface area contributed by atoms with E-state index in [2.05, 4.69) is 14.9 Å². The van der Waals surface area contributed by atoms with Crippen molar-refractivity contribution in [3.05, 3.63) is 24.3 Å². The van der Waals surface area contributed by atoms with Crippen LogP contribution in [0.2, 0.25) is 0 Å². The summed E-state index contributed by atoms with van der Waals surface area (Å²) in [5.41, 5.74) is 0.609. The van der Waals surface area contributed by atoms with Crippen LogP contribution in [0, 0.1) is 0 Å². The SMILES string of the molecule is CC(C)NS(=O)(=O)c1ccc(NC(=O)[C@@H](C)N2CCCCCCC2)cc1. The van der Waals surface area contributed by atoms with Gasteiger partial charge in [0.15, 0.2) is 0 Å². The smallest absolute Gasteiger partial charge is 0.241 e. The number of hydrogen-bond acceptors (Lipinski definition) is 4. The molecule has 1 aromatic carbocycles. The third-order valence-corrected chi connectivity index (χ3v) is 6.32. The minimum Gasteiger partial charge on any atom is -0.325 e. The topological polar surface area (TPSA) is 78.5 Å². The fraction of sp³-hybridized carbons (Fsp3) is 0.632. The van der Waals surface area contributed by atoms with Crippen LogP contribution in [-0.4, -0.2) is 44.4 Å². The number of likely N-dealkylation sites (tertiary alicyclic amines) is 1. The molecule has 1 atom stereocenters. The molecule has 26 heavy (non-hydrogen) atoms. The fourth-order valence-electron chi connectivity index (χ4n) is 3.17. The Balaban J connectivity index is 1.98. The van der Waals surface area contributed by atoms with E-state index in [0.717, 1.165) is 25.9 Å². The van der Waals surface area contributed by atoms with Crippen LogP contribution in [0.4, 0.5) is 5.69 Å². The van der Waals surface area contributed by atoms with Gasteiger partial charge in [-0.25, -0.2) is 13.1 Å². The molecule has 2 rings (SSSR count). The first-order valence-electron chi connectivity index (χ1n) is 9.47. The van der Waals surface area contributed by atoms with E-state index in [1.54, 1.807) is 26.0 Å². The second-order valence-electron chi connectivity index (χ2n) is 7.27.